The van der Waals surface area contributed by atoms with Crippen molar-refractivity contribution < 1.29 is 19.4 Å². The molecule has 0 radical (unpaired) electrons. The van der Waals surface area contributed by atoms with E-state index in [1.165, 1.54) is 0 Å². The van der Waals surface area contributed by atoms with E-state index in [0.29, 0.717) is 23.8 Å². The molecule has 0 saturated heterocycles. The van der Waals surface area contributed by atoms with Crippen molar-refractivity contribution in [3.05, 3.63) is 53.3 Å². The highest BCUT2D eigenvalue weighted by atomic mass is 16.5. The molecule has 5 rings (SSSR count). The van der Waals surface area contributed by atoms with E-state index in [4.69, 9.17) is 24.5 Å². The zero-order valence-electron chi connectivity index (χ0n) is 20.0. The molecule has 3 aromatic rings. The highest BCUT2D eigenvalue weighted by molar-refractivity contribution is 5.98. The van der Waals surface area contributed by atoms with Gasteiger partial charge < -0.3 is 24.4 Å². The van der Waals surface area contributed by atoms with Crippen LogP contribution in [0.15, 0.2) is 36.5 Å². The number of likely N-dealkylation sites (N-methyl/N-ethyl adjacent to an activating group) is 1. The quantitative estimate of drug-likeness (QED) is 0.530. The Morgan fingerprint density at radius 1 is 1.14 bits per heavy atom. The van der Waals surface area contributed by atoms with Crippen LogP contribution in [0.25, 0.3) is 11.5 Å². The molecule has 0 fully saturated rings. The number of pyridine rings is 1. The van der Waals surface area contributed by atoms with Crippen LogP contribution < -0.4 is 19.3 Å². The summed E-state index contributed by atoms with van der Waals surface area (Å²) in [6.07, 6.45) is 5.24. The number of nitrogens with zero attached hydrogens (tertiary/aromatic N) is 5. The van der Waals surface area contributed by atoms with Crippen molar-refractivity contribution >= 4 is 17.4 Å². The third-order valence-electron chi connectivity index (χ3n) is 6.45. The smallest absolute Gasteiger partial charge is 0.246 e. The van der Waals surface area contributed by atoms with E-state index in [0.717, 1.165) is 59.8 Å². The van der Waals surface area contributed by atoms with Gasteiger partial charge in [-0.3, -0.25) is 9.78 Å². The molecule has 0 saturated carbocycles. The molecule has 0 spiro atoms. The zero-order chi connectivity index (χ0) is 24.4. The second-order valence-corrected chi connectivity index (χ2v) is 8.74. The van der Waals surface area contributed by atoms with Crippen molar-refractivity contribution in [2.45, 2.75) is 25.7 Å². The number of fused-ring (bicyclic) bond motifs is 2. The van der Waals surface area contributed by atoms with Crippen molar-refractivity contribution in [3.63, 3.8) is 0 Å². The first-order valence-corrected chi connectivity index (χ1v) is 11.9. The highest BCUT2D eigenvalue weighted by Gasteiger charge is 2.28. The van der Waals surface area contributed by atoms with Gasteiger partial charge in [0.25, 0.3) is 0 Å². The second kappa shape index (κ2) is 9.87. The first kappa shape index (κ1) is 23.0. The topological polar surface area (TPSA) is 101 Å². The number of benzene rings is 1. The van der Waals surface area contributed by atoms with Gasteiger partial charge in [0.2, 0.25) is 5.91 Å². The Morgan fingerprint density at radius 2 is 2.03 bits per heavy atom. The van der Waals surface area contributed by atoms with Gasteiger partial charge in [-0.25, -0.2) is 9.97 Å². The molecule has 1 aliphatic carbocycles. The first-order chi connectivity index (χ1) is 17.1. The molecule has 1 aromatic carbocycles. The van der Waals surface area contributed by atoms with Crippen molar-refractivity contribution in [2.24, 2.45) is 0 Å². The van der Waals surface area contributed by atoms with E-state index < -0.39 is 0 Å². The Hall–Kier alpha value is -3.72. The molecule has 0 atom stereocenters. The molecule has 0 unspecified atom stereocenters. The number of rotatable bonds is 8. The van der Waals surface area contributed by atoms with E-state index in [1.807, 2.05) is 35.0 Å². The van der Waals surface area contributed by atoms with Crippen molar-refractivity contribution in [1.82, 2.24) is 15.0 Å². The average molecular weight is 476 g/mol. The van der Waals surface area contributed by atoms with Crippen molar-refractivity contribution in [3.8, 4) is 23.0 Å². The van der Waals surface area contributed by atoms with Crippen LogP contribution in [0.4, 0.5) is 11.5 Å². The predicted octanol–water partition coefficient (Wildman–Crippen LogP) is 2.43. The van der Waals surface area contributed by atoms with Crippen molar-refractivity contribution in [2.75, 3.05) is 50.3 Å². The number of hydrogen-bond donors (Lipinski definition) is 1. The fourth-order valence-electron chi connectivity index (χ4n) is 4.76. The Morgan fingerprint density at radius 3 is 2.86 bits per heavy atom. The molecule has 2 aromatic heterocycles. The summed E-state index contributed by atoms with van der Waals surface area (Å²) in [5.41, 5.74) is 4.77. The zero-order valence-corrected chi connectivity index (χ0v) is 20.0. The number of carbonyl (C=O) groups is 1. The summed E-state index contributed by atoms with van der Waals surface area (Å²) in [5, 5.41) is 9.04. The summed E-state index contributed by atoms with van der Waals surface area (Å²) in [7, 11) is 3.55. The van der Waals surface area contributed by atoms with Crippen LogP contribution in [0.2, 0.25) is 0 Å². The molecule has 3 heterocycles. The maximum atomic E-state index is 13.3. The predicted molar refractivity (Wildman–Crippen MR) is 132 cm³/mol. The molecule has 182 valence electrons. The van der Waals surface area contributed by atoms with E-state index >= 15 is 0 Å². The highest BCUT2D eigenvalue weighted by Crippen LogP contribution is 2.33. The van der Waals surface area contributed by atoms with Gasteiger partial charge in [-0.2, -0.15) is 0 Å². The molecule has 35 heavy (non-hydrogen) atoms. The van der Waals surface area contributed by atoms with Crippen LogP contribution >= 0.6 is 0 Å². The van der Waals surface area contributed by atoms with Crippen LogP contribution in [-0.4, -0.2) is 66.4 Å². The van der Waals surface area contributed by atoms with E-state index in [1.54, 1.807) is 25.4 Å². The number of carbonyl (C=O) groups excluding carboxylic acids is 1. The minimum atomic E-state index is -0.0645. The van der Waals surface area contributed by atoms with Gasteiger partial charge in [0.1, 0.15) is 29.6 Å². The van der Waals surface area contributed by atoms with Crippen LogP contribution in [0.1, 0.15) is 23.2 Å². The molecule has 1 aliphatic heterocycles. The standard InChI is InChI=1S/C26H29N5O4/c1-30(16-24(33)31-11-9-17-14-18(34-2)6-7-23(17)31)26-20-4-3-5-21(20)28-25(29-26)22-15-19(8-10-27-22)35-13-12-32/h6-8,10,14-15,32H,3-5,9,11-13,16H2,1-2H3. The average Bonchev–Trinajstić information content (AvgIpc) is 3.53. The van der Waals surface area contributed by atoms with Crippen LogP contribution in [-0.2, 0) is 24.1 Å². The summed E-state index contributed by atoms with van der Waals surface area (Å²) >= 11 is 0. The summed E-state index contributed by atoms with van der Waals surface area (Å²) in [4.78, 5) is 31.1. The number of ether oxygens (including phenoxy) is 2. The number of anilines is 2. The third-order valence-corrected chi connectivity index (χ3v) is 6.45. The summed E-state index contributed by atoms with van der Waals surface area (Å²) in [5.74, 6) is 2.71. The van der Waals surface area contributed by atoms with Crippen LogP contribution in [0.3, 0.4) is 0 Å². The van der Waals surface area contributed by atoms with Gasteiger partial charge in [-0.05, 0) is 55.5 Å². The fraction of sp³-hybridized carbons (Fsp3) is 0.385. The van der Waals surface area contributed by atoms with Gasteiger partial charge in [-0.15, -0.1) is 0 Å². The maximum absolute atomic E-state index is 13.3. The van der Waals surface area contributed by atoms with Gasteiger partial charge in [0.05, 0.1) is 20.3 Å². The van der Waals surface area contributed by atoms with Crippen molar-refractivity contribution in [1.29, 1.82) is 0 Å². The fourth-order valence-corrected chi connectivity index (χ4v) is 4.76. The number of aliphatic hydroxyl groups excluding tert-OH is 1. The molecule has 9 heteroatoms. The number of aromatic nitrogens is 3. The Balaban J connectivity index is 1.39. The number of amides is 1. The van der Waals surface area contributed by atoms with E-state index in [9.17, 15) is 4.79 Å². The molecule has 2 aliphatic rings. The van der Waals surface area contributed by atoms with Gasteiger partial charge in [0.15, 0.2) is 5.82 Å². The summed E-state index contributed by atoms with van der Waals surface area (Å²) in [6.45, 7) is 1.01. The molecule has 0 bridgehead atoms. The lowest BCUT2D eigenvalue weighted by molar-refractivity contribution is -0.117. The third kappa shape index (κ3) is 4.64. The first-order valence-electron chi connectivity index (χ1n) is 11.9. The van der Waals surface area contributed by atoms with Crippen LogP contribution in [0.5, 0.6) is 11.5 Å². The molecular weight excluding hydrogens is 446 g/mol. The van der Waals surface area contributed by atoms with E-state index in [2.05, 4.69) is 4.98 Å². The van der Waals surface area contributed by atoms with Gasteiger partial charge >= 0.3 is 0 Å². The second-order valence-electron chi connectivity index (χ2n) is 8.74. The molecular formula is C26H29N5O4. The SMILES string of the molecule is COc1ccc2c(c1)CCN2C(=O)CN(C)c1nc(-c2cc(OCCO)ccn2)nc2c1CCC2. The number of aliphatic hydroxyl groups is 1. The lowest BCUT2D eigenvalue weighted by Crippen LogP contribution is -2.38. The number of hydrogen-bond acceptors (Lipinski definition) is 8. The Kier molecular flexibility index (Phi) is 6.50. The largest absolute Gasteiger partial charge is 0.497 e. The minimum absolute atomic E-state index is 0.0286. The van der Waals surface area contributed by atoms with Gasteiger partial charge in [0, 0.05) is 42.8 Å². The summed E-state index contributed by atoms with van der Waals surface area (Å²) < 4.78 is 10.9. The van der Waals surface area contributed by atoms with Crippen LogP contribution in [0, 0.1) is 0 Å². The molecule has 1 N–H and O–H groups in total. The molecule has 1 amide bonds. The Bertz CT molecular complexity index is 1250. The summed E-state index contributed by atoms with van der Waals surface area (Å²) in [6, 6.07) is 9.36. The minimum Gasteiger partial charge on any atom is -0.497 e. The number of methoxy groups -OCH3 is 1. The van der Waals surface area contributed by atoms with E-state index in [-0.39, 0.29) is 25.7 Å². The Labute approximate surface area is 204 Å². The number of aryl methyl sites for hydroxylation is 1. The van der Waals surface area contributed by atoms with Gasteiger partial charge in [-0.1, -0.05) is 0 Å². The normalized spacial score (nSPS) is 14.0. The molecule has 9 nitrogen and oxygen atoms in total. The monoisotopic (exact) mass is 475 g/mol. The maximum Gasteiger partial charge on any atom is 0.246 e. The lowest BCUT2D eigenvalue weighted by Gasteiger charge is -2.25. The lowest BCUT2D eigenvalue weighted by atomic mass is 10.1.